The van der Waals surface area contributed by atoms with Crippen LogP contribution < -0.4 is 5.32 Å². The number of rotatable bonds is 3. The highest BCUT2D eigenvalue weighted by molar-refractivity contribution is 14.1. The molecule has 1 saturated carbocycles. The molecule has 1 aromatic carbocycles. The molecule has 1 aliphatic carbocycles. The van der Waals surface area contributed by atoms with Crippen LogP contribution in [0.5, 0.6) is 0 Å². The first-order valence-electron chi connectivity index (χ1n) is 5.29. The van der Waals surface area contributed by atoms with Crippen LogP contribution in [0.4, 0.5) is 0 Å². The monoisotopic (exact) mass is 315 g/mol. The second-order valence-corrected chi connectivity index (χ2v) is 5.26. The van der Waals surface area contributed by atoms with Crippen LogP contribution in [-0.2, 0) is 0 Å². The van der Waals surface area contributed by atoms with Crippen LogP contribution in [-0.4, -0.2) is 12.5 Å². The Balaban J connectivity index is 1.86. The SMILES string of the molecule is O=C(NCC1CCC1)c1ccc(I)cc1. The first-order valence-corrected chi connectivity index (χ1v) is 6.37. The molecule has 0 heterocycles. The van der Waals surface area contributed by atoms with Crippen LogP contribution in [0.25, 0.3) is 0 Å². The molecule has 0 spiro atoms. The van der Waals surface area contributed by atoms with Gasteiger partial charge in [0.15, 0.2) is 0 Å². The molecule has 80 valence electrons. The maximum Gasteiger partial charge on any atom is 0.251 e. The molecule has 0 aliphatic heterocycles. The Bertz CT molecular complexity index is 343. The minimum atomic E-state index is 0.0540. The Morgan fingerprint density at radius 2 is 2.00 bits per heavy atom. The van der Waals surface area contributed by atoms with Gasteiger partial charge in [0, 0.05) is 15.7 Å². The van der Waals surface area contributed by atoms with Crippen molar-refractivity contribution in [3.05, 3.63) is 33.4 Å². The fourth-order valence-corrected chi connectivity index (χ4v) is 2.00. The average Bonchev–Trinajstić information content (AvgIpc) is 2.16. The van der Waals surface area contributed by atoms with Gasteiger partial charge in [0.2, 0.25) is 0 Å². The fourth-order valence-electron chi connectivity index (χ4n) is 1.64. The molecule has 0 saturated heterocycles. The van der Waals surface area contributed by atoms with Crippen molar-refractivity contribution in [1.82, 2.24) is 5.32 Å². The molecular formula is C12H14INO. The quantitative estimate of drug-likeness (QED) is 0.854. The maximum atomic E-state index is 11.7. The number of hydrogen-bond donors (Lipinski definition) is 1. The van der Waals surface area contributed by atoms with E-state index in [0.29, 0.717) is 0 Å². The predicted octanol–water partition coefficient (Wildman–Crippen LogP) is 2.82. The van der Waals surface area contributed by atoms with Crippen molar-refractivity contribution in [1.29, 1.82) is 0 Å². The number of benzene rings is 1. The van der Waals surface area contributed by atoms with Crippen molar-refractivity contribution >= 4 is 28.5 Å². The van der Waals surface area contributed by atoms with Gasteiger partial charge in [0.1, 0.15) is 0 Å². The molecule has 1 fully saturated rings. The topological polar surface area (TPSA) is 29.1 Å². The highest BCUT2D eigenvalue weighted by Gasteiger charge is 2.18. The second-order valence-electron chi connectivity index (χ2n) is 4.01. The van der Waals surface area contributed by atoms with Crippen molar-refractivity contribution in [3.63, 3.8) is 0 Å². The second kappa shape index (κ2) is 4.96. The molecule has 0 unspecified atom stereocenters. The van der Waals surface area contributed by atoms with Crippen molar-refractivity contribution in [2.75, 3.05) is 6.54 Å². The summed E-state index contributed by atoms with van der Waals surface area (Å²) in [5.41, 5.74) is 0.759. The summed E-state index contributed by atoms with van der Waals surface area (Å²) >= 11 is 2.24. The number of nitrogens with one attached hydrogen (secondary N) is 1. The van der Waals surface area contributed by atoms with Gasteiger partial charge in [0.25, 0.3) is 5.91 Å². The summed E-state index contributed by atoms with van der Waals surface area (Å²) in [6, 6.07) is 7.66. The van der Waals surface area contributed by atoms with Gasteiger partial charge in [-0.25, -0.2) is 0 Å². The van der Waals surface area contributed by atoms with Crippen molar-refractivity contribution in [2.24, 2.45) is 5.92 Å². The molecule has 0 atom stereocenters. The van der Waals surface area contributed by atoms with Gasteiger partial charge in [-0.15, -0.1) is 0 Å². The zero-order chi connectivity index (χ0) is 10.7. The molecular weight excluding hydrogens is 301 g/mol. The van der Waals surface area contributed by atoms with E-state index in [2.05, 4.69) is 27.9 Å². The normalized spacial score (nSPS) is 15.8. The largest absolute Gasteiger partial charge is 0.352 e. The van der Waals surface area contributed by atoms with Gasteiger partial charge in [-0.3, -0.25) is 4.79 Å². The van der Waals surface area contributed by atoms with Gasteiger partial charge in [-0.1, -0.05) is 6.42 Å². The van der Waals surface area contributed by atoms with Gasteiger partial charge >= 0.3 is 0 Å². The van der Waals surface area contributed by atoms with Crippen molar-refractivity contribution in [2.45, 2.75) is 19.3 Å². The van der Waals surface area contributed by atoms with Crippen molar-refractivity contribution < 1.29 is 4.79 Å². The average molecular weight is 315 g/mol. The highest BCUT2D eigenvalue weighted by Crippen LogP contribution is 2.25. The predicted molar refractivity (Wildman–Crippen MR) is 68.8 cm³/mol. The highest BCUT2D eigenvalue weighted by atomic mass is 127. The Morgan fingerprint density at radius 1 is 1.33 bits per heavy atom. The van der Waals surface area contributed by atoms with Crippen LogP contribution in [0.15, 0.2) is 24.3 Å². The van der Waals surface area contributed by atoms with Crippen LogP contribution in [0.1, 0.15) is 29.6 Å². The lowest BCUT2D eigenvalue weighted by atomic mass is 9.85. The molecule has 0 aromatic heterocycles. The molecule has 1 N–H and O–H groups in total. The summed E-state index contributed by atoms with van der Waals surface area (Å²) in [7, 11) is 0. The van der Waals surface area contributed by atoms with Gasteiger partial charge in [0.05, 0.1) is 0 Å². The van der Waals surface area contributed by atoms with E-state index in [1.165, 1.54) is 19.3 Å². The van der Waals surface area contributed by atoms with Crippen LogP contribution in [0.3, 0.4) is 0 Å². The van der Waals surface area contributed by atoms with E-state index in [1.807, 2.05) is 24.3 Å². The van der Waals surface area contributed by atoms with Gasteiger partial charge in [-0.2, -0.15) is 0 Å². The molecule has 15 heavy (non-hydrogen) atoms. The van der Waals surface area contributed by atoms with E-state index in [4.69, 9.17) is 0 Å². The van der Waals surface area contributed by atoms with E-state index >= 15 is 0 Å². The zero-order valence-electron chi connectivity index (χ0n) is 8.50. The Kier molecular flexibility index (Phi) is 3.61. The molecule has 1 amide bonds. The van der Waals surface area contributed by atoms with Crippen LogP contribution in [0, 0.1) is 9.49 Å². The fraction of sp³-hybridized carbons (Fsp3) is 0.417. The third kappa shape index (κ3) is 2.93. The van der Waals surface area contributed by atoms with E-state index in [0.717, 1.165) is 21.6 Å². The summed E-state index contributed by atoms with van der Waals surface area (Å²) in [5, 5.41) is 2.98. The summed E-state index contributed by atoms with van der Waals surface area (Å²) in [6.45, 7) is 0.838. The lowest BCUT2D eigenvalue weighted by Crippen LogP contribution is -2.32. The lowest BCUT2D eigenvalue weighted by molar-refractivity contribution is 0.0939. The van der Waals surface area contributed by atoms with Gasteiger partial charge < -0.3 is 5.32 Å². The van der Waals surface area contributed by atoms with Crippen molar-refractivity contribution in [3.8, 4) is 0 Å². The van der Waals surface area contributed by atoms with E-state index in [9.17, 15) is 4.79 Å². The summed E-state index contributed by atoms with van der Waals surface area (Å²) in [5.74, 6) is 0.774. The number of carbonyl (C=O) groups is 1. The number of halogens is 1. The first-order chi connectivity index (χ1) is 7.25. The van der Waals surface area contributed by atoms with Crippen LogP contribution in [0.2, 0.25) is 0 Å². The minimum Gasteiger partial charge on any atom is -0.352 e. The van der Waals surface area contributed by atoms with Gasteiger partial charge in [-0.05, 0) is 65.6 Å². The standard InChI is InChI=1S/C12H14INO/c13-11-6-4-10(5-7-11)12(15)14-8-9-2-1-3-9/h4-7,9H,1-3,8H2,(H,14,15). The summed E-state index contributed by atoms with van der Waals surface area (Å²) in [4.78, 5) is 11.7. The smallest absolute Gasteiger partial charge is 0.251 e. The minimum absolute atomic E-state index is 0.0540. The first kappa shape index (κ1) is 10.9. The van der Waals surface area contributed by atoms with Crippen LogP contribution >= 0.6 is 22.6 Å². The number of amides is 1. The Morgan fingerprint density at radius 3 is 2.53 bits per heavy atom. The third-order valence-electron chi connectivity index (χ3n) is 2.88. The Labute approximate surface area is 104 Å². The molecule has 2 rings (SSSR count). The van der Waals surface area contributed by atoms with E-state index in [-0.39, 0.29) is 5.91 Å². The Hall–Kier alpha value is -0.580. The number of hydrogen-bond acceptors (Lipinski definition) is 1. The van der Waals surface area contributed by atoms with E-state index in [1.54, 1.807) is 0 Å². The molecule has 0 radical (unpaired) electrons. The zero-order valence-corrected chi connectivity index (χ0v) is 10.7. The summed E-state index contributed by atoms with van der Waals surface area (Å²) in [6.07, 6.45) is 3.87. The van der Waals surface area contributed by atoms with E-state index < -0.39 is 0 Å². The molecule has 2 nitrogen and oxygen atoms in total. The molecule has 1 aromatic rings. The molecule has 0 bridgehead atoms. The third-order valence-corrected chi connectivity index (χ3v) is 3.60. The number of carbonyl (C=O) groups excluding carboxylic acids is 1. The molecule has 3 heteroatoms. The lowest BCUT2D eigenvalue weighted by Gasteiger charge is -2.25. The summed E-state index contributed by atoms with van der Waals surface area (Å²) < 4.78 is 1.16. The molecule has 1 aliphatic rings. The maximum absolute atomic E-state index is 11.7.